The molecule has 2 amide bonds. The standard InChI is InChI=1S/C19H21N3O5S/c1-10-7-11(2)19(12(3)18(10)20-13(4)23)22-28(25,26)14-5-6-16-15(8-14)21-17(24)9-27-16/h5-8,22H,9H2,1-4H3,(H,20,23)(H,21,24). The molecule has 0 atom stereocenters. The number of ether oxygens (including phenoxy) is 1. The van der Waals surface area contributed by atoms with E-state index in [0.29, 0.717) is 28.4 Å². The summed E-state index contributed by atoms with van der Waals surface area (Å²) in [6.45, 7) is 6.66. The molecule has 0 aromatic heterocycles. The zero-order valence-corrected chi connectivity index (χ0v) is 16.8. The minimum absolute atomic E-state index is 0.0162. The van der Waals surface area contributed by atoms with Crippen molar-refractivity contribution in [1.29, 1.82) is 0 Å². The zero-order valence-electron chi connectivity index (χ0n) is 16.0. The summed E-state index contributed by atoms with van der Waals surface area (Å²) in [5, 5.41) is 5.34. The van der Waals surface area contributed by atoms with Gasteiger partial charge in [0.25, 0.3) is 15.9 Å². The Bertz CT molecular complexity index is 1090. The molecule has 9 heteroatoms. The first-order valence-electron chi connectivity index (χ1n) is 8.56. The first kappa shape index (κ1) is 19.7. The summed E-state index contributed by atoms with van der Waals surface area (Å²) in [6.07, 6.45) is 0. The highest BCUT2D eigenvalue weighted by Crippen LogP contribution is 2.34. The monoisotopic (exact) mass is 403 g/mol. The van der Waals surface area contributed by atoms with Gasteiger partial charge in [0.05, 0.1) is 16.3 Å². The maximum absolute atomic E-state index is 12.9. The first-order chi connectivity index (χ1) is 13.1. The molecule has 0 saturated carbocycles. The Balaban J connectivity index is 2.00. The number of aryl methyl sites for hydroxylation is 2. The lowest BCUT2D eigenvalue weighted by Gasteiger charge is -2.20. The van der Waals surface area contributed by atoms with Crippen LogP contribution in [0.2, 0.25) is 0 Å². The number of nitrogens with one attached hydrogen (secondary N) is 3. The molecule has 1 aliphatic heterocycles. The van der Waals surface area contributed by atoms with Crippen LogP contribution in [0.25, 0.3) is 0 Å². The molecule has 0 spiro atoms. The van der Waals surface area contributed by atoms with Crippen molar-refractivity contribution in [2.45, 2.75) is 32.6 Å². The fourth-order valence-electron chi connectivity index (χ4n) is 3.13. The molecule has 0 unspecified atom stereocenters. The van der Waals surface area contributed by atoms with E-state index in [1.165, 1.54) is 25.1 Å². The number of carbonyl (C=O) groups is 2. The van der Waals surface area contributed by atoms with Gasteiger partial charge in [0.1, 0.15) is 5.75 Å². The van der Waals surface area contributed by atoms with Crippen LogP contribution in [-0.2, 0) is 19.6 Å². The van der Waals surface area contributed by atoms with Crippen molar-refractivity contribution in [3.63, 3.8) is 0 Å². The lowest BCUT2D eigenvalue weighted by Crippen LogP contribution is -2.25. The summed E-state index contributed by atoms with van der Waals surface area (Å²) in [7, 11) is -3.94. The Hall–Kier alpha value is -3.07. The topological polar surface area (TPSA) is 114 Å². The number of hydrogen-bond acceptors (Lipinski definition) is 5. The molecule has 28 heavy (non-hydrogen) atoms. The third-order valence-corrected chi connectivity index (χ3v) is 5.75. The summed E-state index contributed by atoms with van der Waals surface area (Å²) in [6, 6.07) is 6.06. The van der Waals surface area contributed by atoms with Gasteiger partial charge in [0.15, 0.2) is 6.61 Å². The van der Waals surface area contributed by atoms with Crippen LogP contribution in [0, 0.1) is 20.8 Å². The van der Waals surface area contributed by atoms with Crippen molar-refractivity contribution in [2.75, 3.05) is 22.0 Å². The van der Waals surface area contributed by atoms with Gasteiger partial charge in [-0.15, -0.1) is 0 Å². The number of fused-ring (bicyclic) bond motifs is 1. The smallest absolute Gasteiger partial charge is 0.262 e. The Morgan fingerprint density at radius 3 is 2.46 bits per heavy atom. The maximum Gasteiger partial charge on any atom is 0.262 e. The largest absolute Gasteiger partial charge is 0.482 e. The average Bonchev–Trinajstić information content (AvgIpc) is 2.61. The highest BCUT2D eigenvalue weighted by atomic mass is 32.2. The highest BCUT2D eigenvalue weighted by Gasteiger charge is 2.23. The molecule has 3 rings (SSSR count). The van der Waals surface area contributed by atoms with Crippen molar-refractivity contribution in [2.24, 2.45) is 0 Å². The zero-order chi connectivity index (χ0) is 20.6. The van der Waals surface area contributed by atoms with Crippen LogP contribution in [0.3, 0.4) is 0 Å². The van der Waals surface area contributed by atoms with Crippen LogP contribution in [-0.4, -0.2) is 26.8 Å². The third-order valence-electron chi connectivity index (χ3n) is 4.40. The third kappa shape index (κ3) is 3.79. The second kappa shape index (κ2) is 7.16. The van der Waals surface area contributed by atoms with Gasteiger partial charge in [-0.3, -0.25) is 14.3 Å². The van der Waals surface area contributed by atoms with E-state index in [2.05, 4.69) is 15.4 Å². The number of anilines is 3. The lowest BCUT2D eigenvalue weighted by molar-refractivity contribution is -0.118. The van der Waals surface area contributed by atoms with Crippen LogP contribution >= 0.6 is 0 Å². The van der Waals surface area contributed by atoms with Gasteiger partial charge < -0.3 is 15.4 Å². The van der Waals surface area contributed by atoms with E-state index in [1.807, 2.05) is 6.92 Å². The summed E-state index contributed by atoms with van der Waals surface area (Å²) >= 11 is 0. The molecule has 1 heterocycles. The summed E-state index contributed by atoms with van der Waals surface area (Å²) in [4.78, 5) is 23.0. The van der Waals surface area contributed by atoms with Crippen molar-refractivity contribution in [1.82, 2.24) is 0 Å². The van der Waals surface area contributed by atoms with Crippen molar-refractivity contribution >= 4 is 38.9 Å². The van der Waals surface area contributed by atoms with E-state index in [4.69, 9.17) is 4.74 Å². The average molecular weight is 403 g/mol. The second-order valence-electron chi connectivity index (χ2n) is 6.67. The van der Waals surface area contributed by atoms with Gasteiger partial charge in [0, 0.05) is 12.6 Å². The number of amides is 2. The molecular formula is C19H21N3O5S. The van der Waals surface area contributed by atoms with E-state index >= 15 is 0 Å². The molecule has 8 nitrogen and oxygen atoms in total. The van der Waals surface area contributed by atoms with Crippen LogP contribution in [0.15, 0.2) is 29.2 Å². The quantitative estimate of drug-likeness (QED) is 0.726. The van der Waals surface area contributed by atoms with E-state index in [9.17, 15) is 18.0 Å². The van der Waals surface area contributed by atoms with Gasteiger partial charge in [-0.2, -0.15) is 0 Å². The van der Waals surface area contributed by atoms with Gasteiger partial charge in [-0.25, -0.2) is 8.42 Å². The maximum atomic E-state index is 12.9. The highest BCUT2D eigenvalue weighted by molar-refractivity contribution is 7.92. The molecule has 148 valence electrons. The van der Waals surface area contributed by atoms with E-state index in [-0.39, 0.29) is 23.3 Å². The van der Waals surface area contributed by atoms with Gasteiger partial charge in [0.2, 0.25) is 5.91 Å². The molecular weight excluding hydrogens is 382 g/mol. The lowest BCUT2D eigenvalue weighted by atomic mass is 10.0. The number of hydrogen-bond donors (Lipinski definition) is 3. The fraction of sp³-hybridized carbons (Fsp3) is 0.263. The minimum atomic E-state index is -3.94. The van der Waals surface area contributed by atoms with Crippen LogP contribution in [0.1, 0.15) is 23.6 Å². The summed E-state index contributed by atoms with van der Waals surface area (Å²) in [5.41, 5.74) is 3.44. The minimum Gasteiger partial charge on any atom is -0.482 e. The molecule has 3 N–H and O–H groups in total. The van der Waals surface area contributed by atoms with Gasteiger partial charge in [-0.1, -0.05) is 6.07 Å². The Morgan fingerprint density at radius 1 is 1.11 bits per heavy atom. The van der Waals surface area contributed by atoms with Crippen LogP contribution < -0.4 is 20.1 Å². The number of carbonyl (C=O) groups excluding carboxylic acids is 2. The molecule has 0 saturated heterocycles. The normalized spacial score (nSPS) is 13.2. The van der Waals surface area contributed by atoms with E-state index < -0.39 is 10.0 Å². The first-order valence-corrected chi connectivity index (χ1v) is 10.0. The predicted molar refractivity (Wildman–Crippen MR) is 106 cm³/mol. The summed E-state index contributed by atoms with van der Waals surface area (Å²) < 4.78 is 33.7. The fourth-order valence-corrected chi connectivity index (χ4v) is 4.35. The molecule has 0 aliphatic carbocycles. The number of benzene rings is 2. The van der Waals surface area contributed by atoms with Gasteiger partial charge >= 0.3 is 0 Å². The van der Waals surface area contributed by atoms with Crippen LogP contribution in [0.4, 0.5) is 17.1 Å². The van der Waals surface area contributed by atoms with Gasteiger partial charge in [-0.05, 0) is 55.7 Å². The molecule has 0 radical (unpaired) electrons. The van der Waals surface area contributed by atoms with Crippen molar-refractivity contribution in [3.8, 4) is 5.75 Å². The van der Waals surface area contributed by atoms with E-state index in [0.717, 1.165) is 11.1 Å². The Kier molecular flexibility index (Phi) is 5.03. The Morgan fingerprint density at radius 2 is 1.79 bits per heavy atom. The number of sulfonamides is 1. The van der Waals surface area contributed by atoms with Crippen molar-refractivity contribution in [3.05, 3.63) is 41.0 Å². The SMILES string of the molecule is CC(=O)Nc1c(C)cc(C)c(NS(=O)(=O)c2ccc3c(c2)NC(=O)CO3)c1C. The molecule has 1 aliphatic rings. The van der Waals surface area contributed by atoms with Crippen LogP contribution in [0.5, 0.6) is 5.75 Å². The summed E-state index contributed by atoms with van der Waals surface area (Å²) in [5.74, 6) is -0.177. The Labute approximate surface area is 163 Å². The van der Waals surface area contributed by atoms with E-state index in [1.54, 1.807) is 19.9 Å². The molecule has 2 aromatic carbocycles. The van der Waals surface area contributed by atoms with Crippen molar-refractivity contribution < 1.29 is 22.7 Å². The molecule has 2 aromatic rings. The molecule has 0 fully saturated rings. The molecule has 0 bridgehead atoms. The second-order valence-corrected chi connectivity index (χ2v) is 8.35. The predicted octanol–water partition coefficient (Wildman–Crippen LogP) is 2.70. The number of rotatable bonds is 4.